The third kappa shape index (κ3) is 3.40. The predicted molar refractivity (Wildman–Crippen MR) is 80.7 cm³/mol. The van der Waals surface area contributed by atoms with Gasteiger partial charge in [-0.05, 0) is 38.6 Å². The van der Waals surface area contributed by atoms with E-state index in [9.17, 15) is 8.42 Å². The highest BCUT2D eigenvalue weighted by Crippen LogP contribution is 2.28. The summed E-state index contributed by atoms with van der Waals surface area (Å²) in [6.45, 7) is 4.27. The van der Waals surface area contributed by atoms with E-state index in [1.54, 1.807) is 10.4 Å². The van der Waals surface area contributed by atoms with Gasteiger partial charge >= 0.3 is 0 Å². The van der Waals surface area contributed by atoms with Crippen LogP contribution in [0.2, 0.25) is 0 Å². The van der Waals surface area contributed by atoms with Gasteiger partial charge in [-0.25, -0.2) is 8.42 Å². The molecule has 1 unspecified atom stereocenters. The summed E-state index contributed by atoms with van der Waals surface area (Å²) in [5.74, 6) is 0. The summed E-state index contributed by atoms with van der Waals surface area (Å²) in [6.07, 6.45) is 1.63. The van der Waals surface area contributed by atoms with Gasteiger partial charge in [0.15, 0.2) is 0 Å². The molecule has 1 atom stereocenters. The van der Waals surface area contributed by atoms with E-state index in [-0.39, 0.29) is 6.04 Å². The van der Waals surface area contributed by atoms with Crippen LogP contribution in [-0.2, 0) is 21.2 Å². The molecule has 0 amide bonds. The molecule has 2 rings (SSSR count). The molecular formula is C13H22N2O3S2. The zero-order chi connectivity index (χ0) is 14.6. The Morgan fingerprint density at radius 3 is 3.00 bits per heavy atom. The molecule has 0 bridgehead atoms. The first-order chi connectivity index (χ1) is 9.59. The second kappa shape index (κ2) is 7.00. The van der Waals surface area contributed by atoms with Crippen molar-refractivity contribution in [2.24, 2.45) is 0 Å². The van der Waals surface area contributed by atoms with E-state index in [1.807, 2.05) is 20.0 Å². The van der Waals surface area contributed by atoms with Gasteiger partial charge in [0.05, 0.1) is 13.2 Å². The Labute approximate surface area is 125 Å². The lowest BCUT2D eigenvalue weighted by atomic mass is 10.2. The molecule has 114 valence electrons. The lowest BCUT2D eigenvalue weighted by Gasteiger charge is -2.33. The molecule has 0 aliphatic carbocycles. The molecule has 1 fully saturated rings. The average molecular weight is 318 g/mol. The molecule has 20 heavy (non-hydrogen) atoms. The number of hydrogen-bond acceptors (Lipinski definition) is 5. The molecule has 0 radical (unpaired) electrons. The van der Waals surface area contributed by atoms with E-state index in [4.69, 9.17) is 4.74 Å². The highest BCUT2D eigenvalue weighted by Gasteiger charge is 2.33. The fraction of sp³-hybridized carbons (Fsp3) is 0.692. The summed E-state index contributed by atoms with van der Waals surface area (Å²) in [4.78, 5) is 1.10. The van der Waals surface area contributed by atoms with Gasteiger partial charge in [-0.1, -0.05) is 6.92 Å². The molecule has 1 aliphatic rings. The summed E-state index contributed by atoms with van der Waals surface area (Å²) in [5.41, 5.74) is 0. The Hall–Kier alpha value is -0.470. The van der Waals surface area contributed by atoms with E-state index < -0.39 is 10.0 Å². The molecule has 1 aliphatic heterocycles. The average Bonchev–Trinajstić information content (AvgIpc) is 2.94. The van der Waals surface area contributed by atoms with Crippen LogP contribution in [-0.4, -0.2) is 52.1 Å². The Balaban J connectivity index is 2.18. The molecule has 2 heterocycles. The monoisotopic (exact) mass is 318 g/mol. The van der Waals surface area contributed by atoms with E-state index in [0.717, 1.165) is 24.3 Å². The van der Waals surface area contributed by atoms with Gasteiger partial charge in [-0.3, -0.25) is 0 Å². The maximum absolute atomic E-state index is 12.7. The number of rotatable bonds is 6. The second-order valence-electron chi connectivity index (χ2n) is 4.83. The van der Waals surface area contributed by atoms with E-state index >= 15 is 0 Å². The van der Waals surface area contributed by atoms with Crippen LogP contribution in [0.3, 0.4) is 0 Å². The Morgan fingerprint density at radius 1 is 1.50 bits per heavy atom. The number of likely N-dealkylation sites (N-methyl/N-ethyl adjacent to an activating group) is 1. The SMILES string of the molecule is CCC1COCCN1S(=O)(=O)c1ccc(CCNC)s1. The molecule has 0 saturated carbocycles. The molecule has 0 spiro atoms. The van der Waals surface area contributed by atoms with Crippen LogP contribution < -0.4 is 5.32 Å². The minimum atomic E-state index is -3.38. The third-order valence-corrected chi connectivity index (χ3v) is 7.03. The summed E-state index contributed by atoms with van der Waals surface area (Å²) in [5, 5.41) is 3.07. The first-order valence-corrected chi connectivity index (χ1v) is 9.18. The predicted octanol–water partition coefficient (Wildman–Crippen LogP) is 1.31. The summed E-state index contributed by atoms with van der Waals surface area (Å²) in [7, 11) is -1.48. The van der Waals surface area contributed by atoms with Crippen molar-refractivity contribution in [3.8, 4) is 0 Å². The van der Waals surface area contributed by atoms with E-state index in [1.165, 1.54) is 11.3 Å². The van der Waals surface area contributed by atoms with Gasteiger partial charge in [0.1, 0.15) is 4.21 Å². The van der Waals surface area contributed by atoms with Crippen LogP contribution in [0.4, 0.5) is 0 Å². The van der Waals surface area contributed by atoms with Crippen LogP contribution in [0.5, 0.6) is 0 Å². The van der Waals surface area contributed by atoms with Crippen LogP contribution in [0.25, 0.3) is 0 Å². The van der Waals surface area contributed by atoms with Crippen molar-refractivity contribution in [3.05, 3.63) is 17.0 Å². The molecule has 0 aromatic carbocycles. The molecule has 1 saturated heterocycles. The lowest BCUT2D eigenvalue weighted by molar-refractivity contribution is 0.0315. The molecule has 1 N–H and O–H groups in total. The quantitative estimate of drug-likeness (QED) is 0.859. The standard InChI is InChI=1S/C13H22N2O3S2/c1-3-11-10-18-9-8-15(11)20(16,17)13-5-4-12(19-13)6-7-14-2/h4-5,11,14H,3,6-10H2,1-2H3. The van der Waals surface area contributed by atoms with Crippen molar-refractivity contribution in [1.82, 2.24) is 9.62 Å². The van der Waals surface area contributed by atoms with Gasteiger partial charge < -0.3 is 10.1 Å². The second-order valence-corrected chi connectivity index (χ2v) is 8.11. The maximum atomic E-state index is 12.7. The van der Waals surface area contributed by atoms with Crippen molar-refractivity contribution >= 4 is 21.4 Å². The van der Waals surface area contributed by atoms with Crippen molar-refractivity contribution < 1.29 is 13.2 Å². The van der Waals surface area contributed by atoms with Gasteiger partial charge in [0, 0.05) is 17.5 Å². The smallest absolute Gasteiger partial charge is 0.252 e. The number of hydrogen-bond donors (Lipinski definition) is 1. The summed E-state index contributed by atoms with van der Waals surface area (Å²) in [6, 6.07) is 3.60. The minimum absolute atomic E-state index is 0.0448. The number of thiophene rings is 1. The first-order valence-electron chi connectivity index (χ1n) is 6.92. The zero-order valence-electron chi connectivity index (χ0n) is 12.0. The van der Waals surface area contributed by atoms with E-state index in [0.29, 0.717) is 24.0 Å². The highest BCUT2D eigenvalue weighted by atomic mass is 32.2. The number of nitrogens with one attached hydrogen (secondary N) is 1. The zero-order valence-corrected chi connectivity index (χ0v) is 13.6. The first kappa shape index (κ1) is 15.9. The van der Waals surface area contributed by atoms with Gasteiger partial charge in [0.2, 0.25) is 0 Å². The largest absolute Gasteiger partial charge is 0.378 e. The molecular weight excluding hydrogens is 296 g/mol. The number of sulfonamides is 1. The number of nitrogens with zero attached hydrogens (tertiary/aromatic N) is 1. The Morgan fingerprint density at radius 2 is 2.30 bits per heavy atom. The third-order valence-electron chi connectivity index (χ3n) is 3.47. The van der Waals surface area contributed by atoms with Crippen LogP contribution in [0.1, 0.15) is 18.2 Å². The van der Waals surface area contributed by atoms with Crippen molar-refractivity contribution in [2.75, 3.05) is 33.4 Å². The Bertz CT molecular complexity index is 527. The van der Waals surface area contributed by atoms with Crippen molar-refractivity contribution in [2.45, 2.75) is 30.0 Å². The minimum Gasteiger partial charge on any atom is -0.378 e. The van der Waals surface area contributed by atoms with Gasteiger partial charge in [-0.2, -0.15) is 4.31 Å². The molecule has 5 nitrogen and oxygen atoms in total. The fourth-order valence-corrected chi connectivity index (χ4v) is 5.43. The van der Waals surface area contributed by atoms with Gasteiger partial charge in [0.25, 0.3) is 10.0 Å². The van der Waals surface area contributed by atoms with Crippen LogP contribution >= 0.6 is 11.3 Å². The number of ether oxygens (including phenoxy) is 1. The van der Waals surface area contributed by atoms with E-state index in [2.05, 4.69) is 5.32 Å². The maximum Gasteiger partial charge on any atom is 0.252 e. The normalized spacial score (nSPS) is 21.2. The number of morpholine rings is 1. The summed E-state index contributed by atoms with van der Waals surface area (Å²) >= 11 is 1.38. The van der Waals surface area contributed by atoms with Crippen molar-refractivity contribution in [1.29, 1.82) is 0 Å². The lowest BCUT2D eigenvalue weighted by Crippen LogP contribution is -2.48. The molecule has 1 aromatic rings. The fourth-order valence-electron chi connectivity index (χ4n) is 2.27. The molecule has 1 aromatic heterocycles. The van der Waals surface area contributed by atoms with Crippen LogP contribution in [0, 0.1) is 0 Å². The summed E-state index contributed by atoms with van der Waals surface area (Å²) < 4.78 is 32.8. The topological polar surface area (TPSA) is 58.6 Å². The molecule has 7 heteroatoms. The van der Waals surface area contributed by atoms with Crippen molar-refractivity contribution in [3.63, 3.8) is 0 Å². The van der Waals surface area contributed by atoms with Crippen LogP contribution in [0.15, 0.2) is 16.3 Å². The highest BCUT2D eigenvalue weighted by molar-refractivity contribution is 7.91. The Kier molecular flexibility index (Phi) is 5.57. The van der Waals surface area contributed by atoms with Gasteiger partial charge in [-0.15, -0.1) is 11.3 Å².